The van der Waals surface area contributed by atoms with Gasteiger partial charge < -0.3 is 10.1 Å². The molecule has 1 heterocycles. The van der Waals surface area contributed by atoms with Crippen molar-refractivity contribution in [1.82, 2.24) is 25.5 Å². The fourth-order valence-electron chi connectivity index (χ4n) is 2.30. The van der Waals surface area contributed by atoms with Crippen LogP contribution in [0.4, 0.5) is 0 Å². The second-order valence-electron chi connectivity index (χ2n) is 5.98. The lowest BCUT2D eigenvalue weighted by atomic mass is 10.2. The van der Waals surface area contributed by atoms with Crippen LogP contribution in [0.1, 0.15) is 19.4 Å². The molecule has 1 aromatic heterocycles. The molecule has 0 aliphatic rings. The molecule has 24 heavy (non-hydrogen) atoms. The molecule has 6 heteroatoms. The summed E-state index contributed by atoms with van der Waals surface area (Å²) >= 11 is 0. The Labute approximate surface area is 141 Å². The monoisotopic (exact) mass is 323 g/mol. The van der Waals surface area contributed by atoms with Gasteiger partial charge in [0.05, 0.1) is 5.69 Å². The van der Waals surface area contributed by atoms with Crippen molar-refractivity contribution in [2.45, 2.75) is 20.4 Å². The van der Waals surface area contributed by atoms with Crippen molar-refractivity contribution in [3.63, 3.8) is 0 Å². The fraction of sp³-hybridized carbons (Fsp3) is 0.278. The van der Waals surface area contributed by atoms with Gasteiger partial charge in [0, 0.05) is 6.54 Å². The molecule has 3 aromatic rings. The quantitative estimate of drug-likeness (QED) is 0.723. The van der Waals surface area contributed by atoms with Crippen molar-refractivity contribution in [3.05, 3.63) is 60.2 Å². The highest BCUT2D eigenvalue weighted by molar-refractivity contribution is 5.34. The highest BCUT2D eigenvalue weighted by Crippen LogP contribution is 2.22. The summed E-state index contributed by atoms with van der Waals surface area (Å²) in [6, 6.07) is 17.9. The van der Waals surface area contributed by atoms with Gasteiger partial charge in [0.1, 0.15) is 5.75 Å². The molecule has 0 spiro atoms. The Kier molecular flexibility index (Phi) is 5.18. The molecule has 124 valence electrons. The number of rotatable bonds is 7. The molecule has 2 aromatic carbocycles. The van der Waals surface area contributed by atoms with Crippen LogP contribution in [0.15, 0.2) is 54.6 Å². The van der Waals surface area contributed by atoms with Crippen molar-refractivity contribution < 1.29 is 4.74 Å². The minimum atomic E-state index is 0.341. The second-order valence-corrected chi connectivity index (χ2v) is 5.98. The number of nitrogens with one attached hydrogen (secondary N) is 1. The third-order valence-corrected chi connectivity index (χ3v) is 3.43. The Morgan fingerprint density at radius 3 is 2.71 bits per heavy atom. The third kappa shape index (κ3) is 4.17. The average Bonchev–Trinajstić information content (AvgIpc) is 3.04. The zero-order valence-electron chi connectivity index (χ0n) is 13.9. The minimum absolute atomic E-state index is 0.341. The van der Waals surface area contributed by atoms with Crippen molar-refractivity contribution in [1.29, 1.82) is 0 Å². The van der Waals surface area contributed by atoms with Crippen molar-refractivity contribution in [3.8, 4) is 17.4 Å². The van der Waals surface area contributed by atoms with E-state index in [1.165, 1.54) is 0 Å². The lowest BCUT2D eigenvalue weighted by molar-refractivity contribution is 0.426. The van der Waals surface area contributed by atoms with E-state index in [4.69, 9.17) is 4.74 Å². The summed E-state index contributed by atoms with van der Waals surface area (Å²) in [4.78, 5) is 0. The van der Waals surface area contributed by atoms with Crippen molar-refractivity contribution in [2.24, 2.45) is 5.92 Å². The maximum atomic E-state index is 5.87. The molecule has 0 saturated carbocycles. The van der Waals surface area contributed by atoms with Gasteiger partial charge in [-0.15, -0.1) is 0 Å². The lowest BCUT2D eigenvalue weighted by Crippen LogP contribution is -2.18. The zero-order chi connectivity index (χ0) is 16.8. The maximum absolute atomic E-state index is 5.87. The smallest absolute Gasteiger partial charge is 0.345 e. The van der Waals surface area contributed by atoms with Gasteiger partial charge in [0.15, 0.2) is 0 Å². The van der Waals surface area contributed by atoms with Gasteiger partial charge in [0.25, 0.3) is 0 Å². The van der Waals surface area contributed by atoms with E-state index in [1.54, 1.807) is 4.68 Å². The number of hydrogen-bond donors (Lipinski definition) is 1. The average molecular weight is 323 g/mol. The third-order valence-electron chi connectivity index (χ3n) is 3.43. The maximum Gasteiger partial charge on any atom is 0.345 e. The summed E-state index contributed by atoms with van der Waals surface area (Å²) in [7, 11) is 0. The van der Waals surface area contributed by atoms with Gasteiger partial charge >= 0.3 is 6.01 Å². The Morgan fingerprint density at radius 2 is 1.92 bits per heavy atom. The summed E-state index contributed by atoms with van der Waals surface area (Å²) in [6.45, 7) is 6.17. The van der Waals surface area contributed by atoms with Gasteiger partial charge in [-0.1, -0.05) is 49.3 Å². The predicted molar refractivity (Wildman–Crippen MR) is 92.2 cm³/mol. The Bertz CT molecular complexity index is 770. The summed E-state index contributed by atoms with van der Waals surface area (Å²) in [5, 5.41) is 15.1. The summed E-state index contributed by atoms with van der Waals surface area (Å²) < 4.78 is 7.44. The Morgan fingerprint density at radius 1 is 1.08 bits per heavy atom. The topological polar surface area (TPSA) is 64.9 Å². The van der Waals surface area contributed by atoms with E-state index in [0.717, 1.165) is 24.3 Å². The van der Waals surface area contributed by atoms with Crippen LogP contribution in [-0.4, -0.2) is 26.8 Å². The lowest BCUT2D eigenvalue weighted by Gasteiger charge is -2.09. The van der Waals surface area contributed by atoms with E-state index >= 15 is 0 Å². The van der Waals surface area contributed by atoms with Gasteiger partial charge in [-0.05, 0) is 52.7 Å². The largest absolute Gasteiger partial charge is 0.423 e. The van der Waals surface area contributed by atoms with Gasteiger partial charge in [-0.25, -0.2) is 0 Å². The number of aromatic nitrogens is 4. The van der Waals surface area contributed by atoms with Crippen LogP contribution >= 0.6 is 0 Å². The number of hydrogen-bond acceptors (Lipinski definition) is 5. The van der Waals surface area contributed by atoms with Crippen LogP contribution in [0.25, 0.3) is 5.69 Å². The molecule has 0 fully saturated rings. The molecule has 0 radical (unpaired) electrons. The van der Waals surface area contributed by atoms with Gasteiger partial charge in [-0.3, -0.25) is 0 Å². The van der Waals surface area contributed by atoms with E-state index in [9.17, 15) is 0 Å². The van der Waals surface area contributed by atoms with E-state index in [2.05, 4.69) is 40.8 Å². The van der Waals surface area contributed by atoms with E-state index in [1.807, 2.05) is 48.5 Å². The fourth-order valence-corrected chi connectivity index (χ4v) is 2.30. The van der Waals surface area contributed by atoms with E-state index in [-0.39, 0.29) is 0 Å². The standard InChI is InChI=1S/C18H21N5O/c1-14(2)12-19-13-15-7-6-10-17(11-15)24-18-20-21-22-23(18)16-8-4-3-5-9-16/h3-11,14,19H,12-13H2,1-2H3. The molecule has 3 rings (SSSR count). The summed E-state index contributed by atoms with van der Waals surface area (Å²) in [6.07, 6.45) is 0. The number of benzene rings is 2. The number of nitrogens with zero attached hydrogens (tertiary/aromatic N) is 4. The number of tetrazole rings is 1. The molecule has 0 saturated heterocycles. The SMILES string of the molecule is CC(C)CNCc1cccc(Oc2nnnn2-c2ccccc2)c1. The summed E-state index contributed by atoms with van der Waals surface area (Å²) in [5.41, 5.74) is 2.01. The van der Waals surface area contributed by atoms with Crippen LogP contribution in [0, 0.1) is 5.92 Å². The summed E-state index contributed by atoms with van der Waals surface area (Å²) in [5.74, 6) is 1.34. The van der Waals surface area contributed by atoms with Crippen LogP contribution in [0.2, 0.25) is 0 Å². The molecule has 6 nitrogen and oxygen atoms in total. The molecule has 0 aliphatic heterocycles. The van der Waals surface area contributed by atoms with E-state index < -0.39 is 0 Å². The minimum Gasteiger partial charge on any atom is -0.423 e. The molecule has 0 bridgehead atoms. The first kappa shape index (κ1) is 16.1. The molecule has 0 amide bonds. The van der Waals surface area contributed by atoms with E-state index in [0.29, 0.717) is 17.7 Å². The number of para-hydroxylation sites is 1. The Balaban J connectivity index is 1.72. The van der Waals surface area contributed by atoms with Crippen LogP contribution < -0.4 is 10.1 Å². The normalized spacial score (nSPS) is 11.0. The van der Waals surface area contributed by atoms with Gasteiger partial charge in [0.2, 0.25) is 0 Å². The molecular formula is C18H21N5O. The molecule has 0 unspecified atom stereocenters. The highest BCUT2D eigenvalue weighted by atomic mass is 16.5. The van der Waals surface area contributed by atoms with Gasteiger partial charge in [-0.2, -0.15) is 4.68 Å². The first-order valence-electron chi connectivity index (χ1n) is 8.03. The zero-order valence-corrected chi connectivity index (χ0v) is 13.9. The van der Waals surface area contributed by atoms with Crippen molar-refractivity contribution >= 4 is 0 Å². The molecular weight excluding hydrogens is 302 g/mol. The first-order chi connectivity index (χ1) is 11.7. The molecule has 1 N–H and O–H groups in total. The van der Waals surface area contributed by atoms with Crippen LogP contribution in [-0.2, 0) is 6.54 Å². The second kappa shape index (κ2) is 7.70. The number of ether oxygens (including phenoxy) is 1. The first-order valence-corrected chi connectivity index (χ1v) is 8.03. The predicted octanol–water partition coefficient (Wildman–Crippen LogP) is 3.20. The molecule has 0 aliphatic carbocycles. The van der Waals surface area contributed by atoms with Crippen LogP contribution in [0.5, 0.6) is 11.8 Å². The highest BCUT2D eigenvalue weighted by Gasteiger charge is 2.10. The Hall–Kier alpha value is -2.73. The van der Waals surface area contributed by atoms with Crippen molar-refractivity contribution in [2.75, 3.05) is 6.54 Å². The van der Waals surface area contributed by atoms with Crippen LogP contribution in [0.3, 0.4) is 0 Å². The molecule has 0 atom stereocenters.